The summed E-state index contributed by atoms with van der Waals surface area (Å²) in [6.45, 7) is 2.23. The average Bonchev–Trinajstić information content (AvgIpc) is 3.31. The molecule has 0 aliphatic carbocycles. The minimum absolute atomic E-state index is 0.124. The SMILES string of the molecule is CCCC(NC(=O)NCc1ccc(F)cc1)C(=O)NCc1ccc(-n2ccnc2)c(F)c1. The number of carbonyl (C=O) groups is 2. The van der Waals surface area contributed by atoms with Gasteiger partial charge in [0.2, 0.25) is 5.91 Å². The summed E-state index contributed by atoms with van der Waals surface area (Å²) in [5.74, 6) is -1.14. The Morgan fingerprint density at radius 2 is 1.75 bits per heavy atom. The first kappa shape index (κ1) is 22.9. The zero-order valence-electron chi connectivity index (χ0n) is 17.6. The van der Waals surface area contributed by atoms with Gasteiger partial charge in [-0.3, -0.25) is 4.79 Å². The summed E-state index contributed by atoms with van der Waals surface area (Å²) in [5.41, 5.74) is 1.69. The van der Waals surface area contributed by atoms with Crippen molar-refractivity contribution in [3.05, 3.63) is 83.9 Å². The van der Waals surface area contributed by atoms with Gasteiger partial charge in [-0.1, -0.05) is 31.5 Å². The maximum Gasteiger partial charge on any atom is 0.315 e. The minimum atomic E-state index is -0.733. The van der Waals surface area contributed by atoms with Gasteiger partial charge in [-0.15, -0.1) is 0 Å². The van der Waals surface area contributed by atoms with Crippen LogP contribution in [0.5, 0.6) is 0 Å². The van der Waals surface area contributed by atoms with E-state index in [2.05, 4.69) is 20.9 Å². The standard InChI is InChI=1S/C23H25F2N5O2/c1-2-3-20(29-23(32)28-13-16-4-7-18(24)8-5-16)22(31)27-14-17-6-9-21(19(25)12-17)30-11-10-26-15-30/h4-12,15,20H,2-3,13-14H2,1H3,(H,27,31)(H2,28,29,32). The van der Waals surface area contributed by atoms with E-state index in [4.69, 9.17) is 0 Å². The van der Waals surface area contributed by atoms with E-state index < -0.39 is 17.9 Å². The summed E-state index contributed by atoms with van der Waals surface area (Å²) < 4.78 is 28.9. The lowest BCUT2D eigenvalue weighted by Crippen LogP contribution is -2.49. The van der Waals surface area contributed by atoms with Crippen molar-refractivity contribution in [1.82, 2.24) is 25.5 Å². The molecular weight excluding hydrogens is 416 g/mol. The molecule has 7 nitrogen and oxygen atoms in total. The zero-order chi connectivity index (χ0) is 22.9. The number of benzene rings is 2. The Morgan fingerprint density at radius 1 is 1.03 bits per heavy atom. The van der Waals surface area contributed by atoms with Crippen LogP contribution in [-0.2, 0) is 17.9 Å². The number of imidazole rings is 1. The third-order valence-electron chi connectivity index (χ3n) is 4.83. The second-order valence-corrected chi connectivity index (χ2v) is 7.27. The first-order valence-corrected chi connectivity index (χ1v) is 10.3. The van der Waals surface area contributed by atoms with Crippen LogP contribution in [-0.4, -0.2) is 27.5 Å². The molecule has 0 radical (unpaired) electrons. The van der Waals surface area contributed by atoms with Gasteiger partial charge >= 0.3 is 6.03 Å². The monoisotopic (exact) mass is 441 g/mol. The molecule has 0 aliphatic rings. The van der Waals surface area contributed by atoms with Gasteiger partial charge in [-0.05, 0) is 41.8 Å². The Labute approximate surface area is 184 Å². The minimum Gasteiger partial charge on any atom is -0.350 e. The molecule has 2 aromatic carbocycles. The summed E-state index contributed by atoms with van der Waals surface area (Å²) in [7, 11) is 0. The molecule has 0 fully saturated rings. The van der Waals surface area contributed by atoms with Crippen LogP contribution in [0.4, 0.5) is 13.6 Å². The number of amides is 3. The van der Waals surface area contributed by atoms with Crippen molar-refractivity contribution in [3.8, 4) is 5.69 Å². The molecule has 1 atom stereocenters. The summed E-state index contributed by atoms with van der Waals surface area (Å²) >= 11 is 0. The molecule has 3 rings (SSSR count). The molecule has 168 valence electrons. The van der Waals surface area contributed by atoms with Crippen molar-refractivity contribution in [2.45, 2.75) is 38.9 Å². The van der Waals surface area contributed by atoms with Crippen LogP contribution >= 0.6 is 0 Å². The average molecular weight is 441 g/mol. The van der Waals surface area contributed by atoms with Crippen LogP contribution in [0.3, 0.4) is 0 Å². The molecule has 1 unspecified atom stereocenters. The Kier molecular flexibility index (Phi) is 7.91. The molecule has 0 saturated heterocycles. The van der Waals surface area contributed by atoms with Crippen LogP contribution in [0.2, 0.25) is 0 Å². The van der Waals surface area contributed by atoms with Gasteiger partial charge in [-0.2, -0.15) is 0 Å². The largest absolute Gasteiger partial charge is 0.350 e. The Bertz CT molecular complexity index is 1040. The van der Waals surface area contributed by atoms with E-state index in [1.807, 2.05) is 6.92 Å². The summed E-state index contributed by atoms with van der Waals surface area (Å²) in [4.78, 5) is 28.7. The van der Waals surface area contributed by atoms with E-state index in [9.17, 15) is 18.4 Å². The summed E-state index contributed by atoms with van der Waals surface area (Å²) in [6.07, 6.45) is 5.84. The predicted molar refractivity (Wildman–Crippen MR) is 116 cm³/mol. The molecule has 1 heterocycles. The van der Waals surface area contributed by atoms with Crippen molar-refractivity contribution in [2.75, 3.05) is 0 Å². The van der Waals surface area contributed by atoms with E-state index in [0.29, 0.717) is 24.1 Å². The van der Waals surface area contributed by atoms with Gasteiger partial charge in [0.05, 0.1) is 12.0 Å². The third kappa shape index (κ3) is 6.37. The fraction of sp³-hybridized carbons (Fsp3) is 0.261. The van der Waals surface area contributed by atoms with Gasteiger partial charge in [-0.25, -0.2) is 18.6 Å². The second-order valence-electron chi connectivity index (χ2n) is 7.27. The van der Waals surface area contributed by atoms with E-state index in [1.54, 1.807) is 41.2 Å². The predicted octanol–water partition coefficient (Wildman–Crippen LogP) is 3.43. The molecule has 0 aliphatic heterocycles. The van der Waals surface area contributed by atoms with Crippen LogP contribution < -0.4 is 16.0 Å². The lowest BCUT2D eigenvalue weighted by molar-refractivity contribution is -0.123. The lowest BCUT2D eigenvalue weighted by Gasteiger charge is -2.18. The van der Waals surface area contributed by atoms with E-state index in [1.165, 1.54) is 24.5 Å². The van der Waals surface area contributed by atoms with Gasteiger partial charge in [0.15, 0.2) is 0 Å². The van der Waals surface area contributed by atoms with Crippen LogP contribution in [0.25, 0.3) is 5.69 Å². The van der Waals surface area contributed by atoms with Crippen LogP contribution in [0.1, 0.15) is 30.9 Å². The number of hydrogen-bond acceptors (Lipinski definition) is 3. The third-order valence-corrected chi connectivity index (χ3v) is 4.83. The van der Waals surface area contributed by atoms with Gasteiger partial charge in [0, 0.05) is 25.5 Å². The fourth-order valence-electron chi connectivity index (χ4n) is 3.14. The van der Waals surface area contributed by atoms with E-state index in [-0.39, 0.29) is 24.8 Å². The van der Waals surface area contributed by atoms with Gasteiger partial charge < -0.3 is 20.5 Å². The quantitative estimate of drug-likeness (QED) is 0.475. The van der Waals surface area contributed by atoms with E-state index >= 15 is 0 Å². The molecule has 3 N–H and O–H groups in total. The molecule has 3 amide bonds. The molecule has 32 heavy (non-hydrogen) atoms. The van der Waals surface area contributed by atoms with Crippen molar-refractivity contribution in [3.63, 3.8) is 0 Å². The first-order chi connectivity index (χ1) is 15.5. The number of nitrogens with zero attached hydrogens (tertiary/aromatic N) is 2. The van der Waals surface area contributed by atoms with Crippen LogP contribution in [0.15, 0.2) is 61.2 Å². The highest BCUT2D eigenvalue weighted by molar-refractivity contribution is 5.86. The summed E-state index contributed by atoms with van der Waals surface area (Å²) in [6, 6.07) is 9.22. The van der Waals surface area contributed by atoms with E-state index in [0.717, 1.165) is 5.56 Å². The highest BCUT2D eigenvalue weighted by Crippen LogP contribution is 2.15. The first-order valence-electron chi connectivity index (χ1n) is 10.3. The Hall–Kier alpha value is -3.75. The normalized spacial score (nSPS) is 11.6. The number of hydrogen-bond donors (Lipinski definition) is 3. The lowest BCUT2D eigenvalue weighted by atomic mass is 10.1. The van der Waals surface area contributed by atoms with Gasteiger partial charge in [0.25, 0.3) is 0 Å². The highest BCUT2D eigenvalue weighted by Gasteiger charge is 2.19. The zero-order valence-corrected chi connectivity index (χ0v) is 17.6. The fourth-order valence-corrected chi connectivity index (χ4v) is 3.14. The Morgan fingerprint density at radius 3 is 2.41 bits per heavy atom. The molecular formula is C23H25F2N5O2. The Balaban J connectivity index is 1.52. The number of carbonyl (C=O) groups excluding carboxylic acids is 2. The van der Waals surface area contributed by atoms with Crippen molar-refractivity contribution in [2.24, 2.45) is 0 Å². The van der Waals surface area contributed by atoms with Crippen molar-refractivity contribution in [1.29, 1.82) is 0 Å². The number of aromatic nitrogens is 2. The maximum absolute atomic E-state index is 14.4. The topological polar surface area (TPSA) is 88.0 Å². The molecule has 0 spiro atoms. The van der Waals surface area contributed by atoms with Crippen LogP contribution in [0, 0.1) is 11.6 Å². The smallest absolute Gasteiger partial charge is 0.315 e. The number of urea groups is 1. The molecule has 9 heteroatoms. The van der Waals surface area contributed by atoms with Gasteiger partial charge in [0.1, 0.15) is 17.7 Å². The van der Waals surface area contributed by atoms with Crippen molar-refractivity contribution < 1.29 is 18.4 Å². The molecule has 1 aromatic heterocycles. The van der Waals surface area contributed by atoms with Crippen molar-refractivity contribution >= 4 is 11.9 Å². The number of rotatable bonds is 9. The number of nitrogens with one attached hydrogen (secondary N) is 3. The number of halogens is 2. The molecule has 0 saturated carbocycles. The molecule has 0 bridgehead atoms. The molecule has 3 aromatic rings. The second kappa shape index (κ2) is 11.0. The summed E-state index contributed by atoms with van der Waals surface area (Å²) in [5, 5.41) is 8.05. The highest BCUT2D eigenvalue weighted by atomic mass is 19.1. The maximum atomic E-state index is 14.4.